The highest BCUT2D eigenvalue weighted by Gasteiger charge is 2.28. The number of piperazine rings is 1. The van der Waals surface area contributed by atoms with Gasteiger partial charge in [-0.25, -0.2) is 13.2 Å². The Morgan fingerprint density at radius 1 is 1.12 bits per heavy atom. The van der Waals surface area contributed by atoms with Gasteiger partial charge < -0.3 is 10.2 Å². The number of amides is 1. The summed E-state index contributed by atoms with van der Waals surface area (Å²) < 4.78 is 39.8. The van der Waals surface area contributed by atoms with Crippen LogP contribution in [0.2, 0.25) is 0 Å². The lowest BCUT2D eigenvalue weighted by Gasteiger charge is -2.36. The highest BCUT2D eigenvalue weighted by atomic mass is 35.5. The van der Waals surface area contributed by atoms with Gasteiger partial charge in [0.15, 0.2) is 11.6 Å². The van der Waals surface area contributed by atoms with Crippen LogP contribution in [0.3, 0.4) is 0 Å². The van der Waals surface area contributed by atoms with Crippen LogP contribution in [0, 0.1) is 17.5 Å². The first-order valence-corrected chi connectivity index (χ1v) is 7.74. The molecule has 1 heterocycles. The predicted molar refractivity (Wildman–Crippen MR) is 91.0 cm³/mol. The van der Waals surface area contributed by atoms with Crippen LogP contribution in [-0.2, 0) is 11.2 Å². The molecule has 1 atom stereocenters. The van der Waals surface area contributed by atoms with Crippen molar-refractivity contribution in [1.29, 1.82) is 0 Å². The van der Waals surface area contributed by atoms with Gasteiger partial charge in [-0.15, -0.1) is 12.4 Å². The summed E-state index contributed by atoms with van der Waals surface area (Å²) in [7, 11) is 0. The lowest BCUT2D eigenvalue weighted by atomic mass is 10.0. The summed E-state index contributed by atoms with van der Waals surface area (Å²) in [5.41, 5.74) is 1.12. The summed E-state index contributed by atoms with van der Waals surface area (Å²) in [6.07, 6.45) is -0.0248. The first-order valence-electron chi connectivity index (χ1n) is 7.74. The van der Waals surface area contributed by atoms with Crippen molar-refractivity contribution in [2.45, 2.75) is 12.5 Å². The number of carbonyl (C=O) groups excluding carboxylic acids is 1. The summed E-state index contributed by atoms with van der Waals surface area (Å²) in [6, 6.07) is 9.31. The summed E-state index contributed by atoms with van der Waals surface area (Å²) in [6.45, 7) is 1.63. The second kappa shape index (κ2) is 8.36. The second-order valence-corrected chi connectivity index (χ2v) is 5.79. The molecule has 1 saturated heterocycles. The maximum atomic E-state index is 13.5. The van der Waals surface area contributed by atoms with Crippen molar-refractivity contribution in [2.75, 3.05) is 19.6 Å². The van der Waals surface area contributed by atoms with Gasteiger partial charge in [0.2, 0.25) is 5.91 Å². The monoisotopic (exact) mass is 370 g/mol. The third-order valence-electron chi connectivity index (χ3n) is 4.14. The summed E-state index contributed by atoms with van der Waals surface area (Å²) in [5, 5.41) is 3.19. The van der Waals surface area contributed by atoms with E-state index in [1.165, 1.54) is 18.2 Å². The van der Waals surface area contributed by atoms with Crippen molar-refractivity contribution in [2.24, 2.45) is 0 Å². The average molecular weight is 371 g/mol. The Morgan fingerprint density at radius 3 is 2.64 bits per heavy atom. The normalized spacial score (nSPS) is 17.1. The Balaban J connectivity index is 0.00000225. The highest BCUT2D eigenvalue weighted by Crippen LogP contribution is 2.24. The molecule has 25 heavy (non-hydrogen) atoms. The van der Waals surface area contributed by atoms with Crippen molar-refractivity contribution in [1.82, 2.24) is 10.2 Å². The van der Waals surface area contributed by atoms with Crippen molar-refractivity contribution >= 4 is 18.3 Å². The van der Waals surface area contributed by atoms with Crippen LogP contribution in [0.4, 0.5) is 13.2 Å². The third kappa shape index (κ3) is 4.52. The zero-order valence-electron chi connectivity index (χ0n) is 13.3. The maximum Gasteiger partial charge on any atom is 0.227 e. The lowest BCUT2D eigenvalue weighted by Crippen LogP contribution is -2.49. The van der Waals surface area contributed by atoms with Crippen molar-refractivity contribution in [3.63, 3.8) is 0 Å². The fourth-order valence-corrected chi connectivity index (χ4v) is 2.94. The smallest absolute Gasteiger partial charge is 0.227 e. The van der Waals surface area contributed by atoms with E-state index < -0.39 is 11.6 Å². The minimum absolute atomic E-state index is 0. The molecule has 1 amide bonds. The van der Waals surface area contributed by atoms with Gasteiger partial charge in [0.05, 0.1) is 12.5 Å². The van der Waals surface area contributed by atoms with E-state index in [9.17, 15) is 18.0 Å². The number of nitrogens with one attached hydrogen (secondary N) is 1. The van der Waals surface area contributed by atoms with E-state index in [2.05, 4.69) is 5.32 Å². The van der Waals surface area contributed by atoms with E-state index in [0.29, 0.717) is 30.8 Å². The van der Waals surface area contributed by atoms with Crippen molar-refractivity contribution in [3.8, 4) is 0 Å². The minimum atomic E-state index is -0.970. The number of halogens is 4. The number of benzene rings is 2. The van der Waals surface area contributed by atoms with Gasteiger partial charge in [-0.1, -0.05) is 18.2 Å². The Labute approximate surface area is 150 Å². The van der Waals surface area contributed by atoms with E-state index in [4.69, 9.17) is 0 Å². The minimum Gasteiger partial charge on any atom is -0.333 e. The molecule has 3 nitrogen and oxygen atoms in total. The van der Waals surface area contributed by atoms with Gasteiger partial charge in [0, 0.05) is 19.6 Å². The Hall–Kier alpha value is -2.05. The van der Waals surface area contributed by atoms with E-state index in [-0.39, 0.29) is 36.6 Å². The zero-order chi connectivity index (χ0) is 17.1. The van der Waals surface area contributed by atoms with E-state index >= 15 is 0 Å². The van der Waals surface area contributed by atoms with Crippen LogP contribution in [0.5, 0.6) is 0 Å². The zero-order valence-corrected chi connectivity index (χ0v) is 14.2. The van der Waals surface area contributed by atoms with Crippen LogP contribution in [0.25, 0.3) is 0 Å². The topological polar surface area (TPSA) is 32.3 Å². The average Bonchev–Trinajstić information content (AvgIpc) is 2.58. The Morgan fingerprint density at radius 2 is 1.92 bits per heavy atom. The number of rotatable bonds is 3. The molecule has 2 aromatic carbocycles. The molecule has 2 aromatic rings. The molecule has 1 unspecified atom stereocenters. The molecular weight excluding hydrogens is 353 g/mol. The van der Waals surface area contributed by atoms with Crippen LogP contribution in [0.1, 0.15) is 17.2 Å². The van der Waals surface area contributed by atoms with E-state index in [1.807, 2.05) is 0 Å². The molecule has 0 aliphatic carbocycles. The van der Waals surface area contributed by atoms with Gasteiger partial charge in [-0.05, 0) is 35.4 Å². The second-order valence-electron chi connectivity index (χ2n) is 5.79. The van der Waals surface area contributed by atoms with Gasteiger partial charge in [0.1, 0.15) is 5.82 Å². The van der Waals surface area contributed by atoms with Crippen LogP contribution >= 0.6 is 12.4 Å². The van der Waals surface area contributed by atoms with Crippen molar-refractivity contribution < 1.29 is 18.0 Å². The SMILES string of the molecule is Cl.O=C(Cc1ccc(F)c(F)c1)N1CCNCC1c1cccc(F)c1. The standard InChI is InChI=1S/C18H17F3N2O.ClH/c19-14-3-1-2-13(10-14)17-11-22-6-7-23(17)18(24)9-12-4-5-15(20)16(21)8-12;/h1-5,8,10,17,22H,6-7,9,11H2;1H. The van der Waals surface area contributed by atoms with E-state index in [1.54, 1.807) is 17.0 Å². The first kappa shape index (κ1) is 19.3. The quantitative estimate of drug-likeness (QED) is 0.899. The molecule has 0 aromatic heterocycles. The van der Waals surface area contributed by atoms with Crippen LogP contribution < -0.4 is 5.32 Å². The molecule has 1 aliphatic heterocycles. The van der Waals surface area contributed by atoms with Gasteiger partial charge in [0.25, 0.3) is 0 Å². The fourth-order valence-electron chi connectivity index (χ4n) is 2.94. The first-order chi connectivity index (χ1) is 11.5. The largest absolute Gasteiger partial charge is 0.333 e. The number of nitrogens with zero attached hydrogens (tertiary/aromatic N) is 1. The summed E-state index contributed by atoms with van der Waals surface area (Å²) in [4.78, 5) is 14.3. The molecule has 7 heteroatoms. The molecular formula is C18H18ClF3N2O. The fraction of sp³-hybridized carbons (Fsp3) is 0.278. The van der Waals surface area contributed by atoms with Gasteiger partial charge in [-0.3, -0.25) is 4.79 Å². The summed E-state index contributed by atoms with van der Waals surface area (Å²) in [5.74, 6) is -2.46. The van der Waals surface area contributed by atoms with Gasteiger partial charge in [-0.2, -0.15) is 0 Å². The van der Waals surface area contributed by atoms with Gasteiger partial charge >= 0.3 is 0 Å². The molecule has 134 valence electrons. The maximum absolute atomic E-state index is 13.5. The Kier molecular flexibility index (Phi) is 6.45. The Bertz CT molecular complexity index is 757. The number of hydrogen-bond acceptors (Lipinski definition) is 2. The lowest BCUT2D eigenvalue weighted by molar-refractivity contribution is -0.133. The number of hydrogen-bond donors (Lipinski definition) is 1. The molecule has 1 aliphatic rings. The van der Waals surface area contributed by atoms with Crippen LogP contribution in [-0.4, -0.2) is 30.4 Å². The molecule has 1 N–H and O–H groups in total. The summed E-state index contributed by atoms with van der Waals surface area (Å²) >= 11 is 0. The van der Waals surface area contributed by atoms with Crippen LogP contribution in [0.15, 0.2) is 42.5 Å². The highest BCUT2D eigenvalue weighted by molar-refractivity contribution is 5.85. The molecule has 3 rings (SSSR count). The molecule has 0 radical (unpaired) electrons. The van der Waals surface area contributed by atoms with Crippen molar-refractivity contribution in [3.05, 3.63) is 71.0 Å². The number of carbonyl (C=O) groups is 1. The molecule has 0 spiro atoms. The third-order valence-corrected chi connectivity index (χ3v) is 4.14. The molecule has 0 bridgehead atoms. The molecule has 1 fully saturated rings. The molecule has 0 saturated carbocycles. The predicted octanol–water partition coefficient (Wildman–Crippen LogP) is 3.24. The van der Waals surface area contributed by atoms with E-state index in [0.717, 1.165) is 12.1 Å².